The molecule has 0 aromatic heterocycles. The van der Waals surface area contributed by atoms with Crippen LogP contribution in [0.15, 0.2) is 177 Å². The number of nitrogens with zero attached hydrogens (tertiary/aromatic N) is 2. The fourth-order valence-corrected chi connectivity index (χ4v) is 6.92. The van der Waals surface area contributed by atoms with E-state index in [0.717, 1.165) is 72.4 Å². The number of fused-ring (bicyclic) bond motifs is 1. The molecule has 3 aromatic rings. The number of aryl methyl sites for hydroxylation is 1. The van der Waals surface area contributed by atoms with Gasteiger partial charge in [-0.1, -0.05) is 141 Å². The predicted molar refractivity (Wildman–Crippen MR) is 208 cm³/mol. The van der Waals surface area contributed by atoms with Crippen molar-refractivity contribution in [3.05, 3.63) is 199 Å². The molecule has 0 bridgehead atoms. The largest absolute Gasteiger partial charge is 0.341 e. The third kappa shape index (κ3) is 7.45. The molecular weight excluding hydrogens is 581 g/mol. The van der Waals surface area contributed by atoms with E-state index in [2.05, 4.69) is 175 Å². The van der Waals surface area contributed by atoms with Gasteiger partial charge in [0.1, 0.15) is 0 Å². The summed E-state index contributed by atoms with van der Waals surface area (Å²) in [5, 5.41) is 0. The van der Waals surface area contributed by atoms with Crippen molar-refractivity contribution >= 4 is 28.8 Å². The van der Waals surface area contributed by atoms with E-state index in [9.17, 15) is 0 Å². The van der Waals surface area contributed by atoms with E-state index >= 15 is 0 Å². The Morgan fingerprint density at radius 2 is 1.52 bits per heavy atom. The van der Waals surface area contributed by atoms with Gasteiger partial charge in [-0.25, -0.2) is 0 Å². The zero-order valence-corrected chi connectivity index (χ0v) is 27.9. The summed E-state index contributed by atoms with van der Waals surface area (Å²) in [6.45, 7) is 12.7. The third-order valence-corrected chi connectivity index (χ3v) is 9.37. The minimum absolute atomic E-state index is 0.171. The molecule has 0 saturated carbocycles. The summed E-state index contributed by atoms with van der Waals surface area (Å²) < 4.78 is 0. The fourth-order valence-electron chi connectivity index (χ4n) is 6.92. The van der Waals surface area contributed by atoms with Crippen molar-refractivity contribution in [1.82, 2.24) is 4.90 Å². The van der Waals surface area contributed by atoms with Gasteiger partial charge in [0.2, 0.25) is 0 Å². The van der Waals surface area contributed by atoms with Gasteiger partial charge in [-0.05, 0) is 92.0 Å². The van der Waals surface area contributed by atoms with Crippen molar-refractivity contribution in [2.75, 3.05) is 4.90 Å². The molecule has 0 aliphatic heterocycles. The first-order valence-electron chi connectivity index (χ1n) is 17.2. The van der Waals surface area contributed by atoms with Crippen LogP contribution in [0.4, 0.5) is 11.4 Å². The summed E-state index contributed by atoms with van der Waals surface area (Å²) in [7, 11) is 0. The van der Waals surface area contributed by atoms with E-state index in [1.54, 1.807) is 0 Å². The number of anilines is 2. The Bertz CT molecular complexity index is 1840. The first-order chi connectivity index (χ1) is 23.7. The van der Waals surface area contributed by atoms with E-state index < -0.39 is 0 Å². The number of benzene rings is 3. The summed E-state index contributed by atoms with van der Waals surface area (Å²) in [5.41, 5.74) is 10.5. The first kappa shape index (κ1) is 32.6. The Hall–Kier alpha value is -5.34. The van der Waals surface area contributed by atoms with Crippen LogP contribution in [-0.2, 0) is 6.42 Å². The molecule has 0 heterocycles. The number of hydrogen-bond donors (Lipinski definition) is 0. The minimum Gasteiger partial charge on any atom is -0.341 e. The van der Waals surface area contributed by atoms with Crippen LogP contribution in [0.25, 0.3) is 17.5 Å². The SMILES string of the molecule is C=CC=C(c1ccccc1C(=CC=C)N(C=CCC1CCC=CC1=C)C1C=CC=CC1)N(c1ccccc1)c1ccc2c(c1)C=CCC2. The van der Waals surface area contributed by atoms with Crippen LogP contribution in [0.3, 0.4) is 0 Å². The van der Waals surface area contributed by atoms with E-state index in [1.165, 1.54) is 16.7 Å². The molecule has 3 aliphatic rings. The Labute approximate surface area is 287 Å². The smallest absolute Gasteiger partial charge is 0.0554 e. The van der Waals surface area contributed by atoms with Gasteiger partial charge in [-0.3, -0.25) is 0 Å². The first-order valence-corrected chi connectivity index (χ1v) is 17.2. The third-order valence-electron chi connectivity index (χ3n) is 9.37. The standard InChI is InChI=1S/C46H46N2/c1-4-19-45(47(40-26-8-6-9-27-40)34-18-25-37-22-13-12-21-36(37)3)43-30-16-17-31-44(43)46(20-5-2)48(41-28-10-7-11-29-41)42-33-32-38-23-14-15-24-39(38)35-42/h4-12,15-21,24,26,28-35,37,40H,1-3,13-14,22-23,25,27H2. The summed E-state index contributed by atoms with van der Waals surface area (Å²) in [6.07, 6.45) is 36.8. The van der Waals surface area contributed by atoms with E-state index in [0.29, 0.717) is 5.92 Å². The maximum absolute atomic E-state index is 4.33. The van der Waals surface area contributed by atoms with Crippen molar-refractivity contribution in [2.24, 2.45) is 5.92 Å². The maximum Gasteiger partial charge on any atom is 0.0554 e. The van der Waals surface area contributed by atoms with Crippen molar-refractivity contribution in [3.63, 3.8) is 0 Å². The second-order valence-electron chi connectivity index (χ2n) is 12.5. The normalized spacial score (nSPS) is 19.0. The van der Waals surface area contributed by atoms with Crippen LogP contribution in [0.5, 0.6) is 0 Å². The summed E-state index contributed by atoms with van der Waals surface area (Å²) in [5.74, 6) is 0.474. The van der Waals surface area contributed by atoms with Crippen LogP contribution >= 0.6 is 0 Å². The minimum atomic E-state index is 0.171. The molecule has 3 aromatic carbocycles. The van der Waals surface area contributed by atoms with Gasteiger partial charge in [-0.2, -0.15) is 0 Å². The highest BCUT2D eigenvalue weighted by Crippen LogP contribution is 2.40. The summed E-state index contributed by atoms with van der Waals surface area (Å²) in [6, 6.07) is 26.4. The highest BCUT2D eigenvalue weighted by Gasteiger charge is 2.25. The van der Waals surface area contributed by atoms with Crippen LogP contribution in [-0.4, -0.2) is 10.9 Å². The average Bonchev–Trinajstić information content (AvgIpc) is 3.14. The van der Waals surface area contributed by atoms with Crippen LogP contribution in [0, 0.1) is 5.92 Å². The summed E-state index contributed by atoms with van der Waals surface area (Å²) >= 11 is 0. The monoisotopic (exact) mass is 626 g/mol. The molecule has 0 saturated heterocycles. The molecule has 0 N–H and O–H groups in total. The fraction of sp³-hybridized carbons (Fsp3) is 0.174. The molecule has 2 heteroatoms. The molecule has 2 nitrogen and oxygen atoms in total. The molecule has 48 heavy (non-hydrogen) atoms. The summed E-state index contributed by atoms with van der Waals surface area (Å²) in [4.78, 5) is 4.78. The lowest BCUT2D eigenvalue weighted by atomic mass is 9.88. The number of rotatable bonds is 12. The molecule has 2 unspecified atom stereocenters. The predicted octanol–water partition coefficient (Wildman–Crippen LogP) is 12.2. The molecule has 0 amide bonds. The second kappa shape index (κ2) is 16.0. The van der Waals surface area contributed by atoms with Crippen molar-refractivity contribution in [3.8, 4) is 0 Å². The Balaban J connectivity index is 1.46. The van der Waals surface area contributed by atoms with E-state index in [1.807, 2.05) is 12.2 Å². The highest BCUT2D eigenvalue weighted by molar-refractivity contribution is 5.93. The molecule has 0 fully saturated rings. The molecular formula is C46H46N2. The second-order valence-corrected chi connectivity index (χ2v) is 12.5. The Kier molecular flexibility index (Phi) is 10.8. The lowest BCUT2D eigenvalue weighted by molar-refractivity contribution is 0.442. The van der Waals surface area contributed by atoms with Gasteiger partial charge in [-0.15, -0.1) is 0 Å². The number of allylic oxidation sites excluding steroid dienone is 11. The molecule has 2 atom stereocenters. The van der Waals surface area contributed by atoms with Gasteiger partial charge >= 0.3 is 0 Å². The molecule has 3 aliphatic carbocycles. The highest BCUT2D eigenvalue weighted by atomic mass is 15.2. The van der Waals surface area contributed by atoms with Crippen LogP contribution < -0.4 is 4.90 Å². The van der Waals surface area contributed by atoms with Gasteiger partial charge in [0.15, 0.2) is 0 Å². The lowest BCUT2D eigenvalue weighted by Gasteiger charge is -2.34. The van der Waals surface area contributed by atoms with Crippen LogP contribution in [0.2, 0.25) is 0 Å². The van der Waals surface area contributed by atoms with Gasteiger partial charge in [0.25, 0.3) is 0 Å². The average molecular weight is 627 g/mol. The van der Waals surface area contributed by atoms with Gasteiger partial charge in [0, 0.05) is 34.4 Å². The molecule has 240 valence electrons. The molecule has 0 radical (unpaired) electrons. The van der Waals surface area contributed by atoms with E-state index in [4.69, 9.17) is 0 Å². The quantitative estimate of drug-likeness (QED) is 0.185. The van der Waals surface area contributed by atoms with Crippen LogP contribution in [0.1, 0.15) is 54.4 Å². The Morgan fingerprint density at radius 3 is 2.27 bits per heavy atom. The van der Waals surface area contributed by atoms with Gasteiger partial charge in [0.05, 0.1) is 11.7 Å². The zero-order valence-electron chi connectivity index (χ0n) is 27.9. The van der Waals surface area contributed by atoms with Crippen molar-refractivity contribution in [1.29, 1.82) is 0 Å². The van der Waals surface area contributed by atoms with Gasteiger partial charge < -0.3 is 9.80 Å². The molecule has 0 spiro atoms. The topological polar surface area (TPSA) is 6.48 Å². The van der Waals surface area contributed by atoms with Crippen molar-refractivity contribution < 1.29 is 0 Å². The number of para-hydroxylation sites is 1. The lowest BCUT2D eigenvalue weighted by Crippen LogP contribution is -2.29. The maximum atomic E-state index is 4.33. The van der Waals surface area contributed by atoms with Crippen molar-refractivity contribution in [2.45, 2.75) is 44.6 Å². The Morgan fingerprint density at radius 1 is 0.771 bits per heavy atom. The molecule has 6 rings (SSSR count). The number of hydrogen-bond acceptors (Lipinski definition) is 2. The van der Waals surface area contributed by atoms with E-state index in [-0.39, 0.29) is 6.04 Å². The zero-order chi connectivity index (χ0) is 33.1.